The number of alkyl halides is 8. The van der Waals surface area contributed by atoms with Crippen molar-refractivity contribution < 1.29 is 63.9 Å². The molecule has 0 aliphatic carbocycles. The van der Waals surface area contributed by atoms with Crippen molar-refractivity contribution in [2.75, 3.05) is 39.3 Å². The molecule has 0 saturated heterocycles. The largest absolute Gasteiger partial charge is 0.480 e. The van der Waals surface area contributed by atoms with E-state index in [2.05, 4.69) is 0 Å². The third-order valence-electron chi connectivity index (χ3n) is 4.16. The van der Waals surface area contributed by atoms with Crippen LogP contribution in [0.4, 0.5) is 39.6 Å². The van der Waals surface area contributed by atoms with Gasteiger partial charge in [0, 0.05) is 19.5 Å². The van der Waals surface area contributed by atoms with Crippen LogP contribution in [0.3, 0.4) is 0 Å². The van der Waals surface area contributed by atoms with E-state index in [-0.39, 0.29) is 32.5 Å². The number of hydrogen-bond donors (Lipinski definition) is 3. The number of carbonyl (C=O) groups excluding carboxylic acids is 3. The van der Waals surface area contributed by atoms with Crippen molar-refractivity contribution in [1.82, 2.24) is 20.7 Å². The van der Waals surface area contributed by atoms with Gasteiger partial charge in [0.05, 0.1) is 0 Å². The monoisotopic (exact) mass is 534 g/mol. The number of amides is 3. The standard InChI is InChI=1S/C17H23F9N4O5/c18-15(19,14(35)30(26)10-11(31)32)4-1-7-29(8-2-5-27-12(33)16(20,21)22)9-3-6-28-13(34)17(23,24)25/h1-10H2,(H,27,33)(H,28,34)(H,31,32). The fourth-order valence-electron chi connectivity index (χ4n) is 2.54. The fraction of sp³-hybridized carbons (Fsp3) is 0.765. The van der Waals surface area contributed by atoms with Crippen LogP contribution in [0, 0.1) is 0 Å². The van der Waals surface area contributed by atoms with E-state index in [1.165, 1.54) is 4.90 Å². The highest BCUT2D eigenvalue weighted by molar-refractivity contribution is 5.85. The summed E-state index contributed by atoms with van der Waals surface area (Å²) in [7, 11) is 0. The molecule has 0 aromatic heterocycles. The Morgan fingerprint density at radius 2 is 1.11 bits per heavy atom. The molecule has 3 N–H and O–H groups in total. The van der Waals surface area contributed by atoms with Gasteiger partial charge in [-0.1, -0.05) is 4.48 Å². The number of hydrogen-bond acceptors (Lipinski definition) is 5. The zero-order chi connectivity index (χ0) is 27.4. The van der Waals surface area contributed by atoms with Gasteiger partial charge in [-0.15, -0.1) is 0 Å². The van der Waals surface area contributed by atoms with Gasteiger partial charge in [-0.3, -0.25) is 19.2 Å². The van der Waals surface area contributed by atoms with E-state index in [4.69, 9.17) is 5.11 Å². The van der Waals surface area contributed by atoms with Gasteiger partial charge in [-0.05, 0) is 38.9 Å². The number of halogens is 9. The molecule has 0 saturated carbocycles. The van der Waals surface area contributed by atoms with Gasteiger partial charge in [0.2, 0.25) is 0 Å². The highest BCUT2D eigenvalue weighted by Crippen LogP contribution is 2.24. The van der Waals surface area contributed by atoms with Crippen LogP contribution in [0.2, 0.25) is 0 Å². The first kappa shape index (κ1) is 32.2. The lowest BCUT2D eigenvalue weighted by molar-refractivity contribution is -0.178. The van der Waals surface area contributed by atoms with Gasteiger partial charge < -0.3 is 20.6 Å². The lowest BCUT2D eigenvalue weighted by Gasteiger charge is -2.24. The quantitative estimate of drug-likeness (QED) is 0.167. The molecule has 18 heteroatoms. The molecule has 9 nitrogen and oxygen atoms in total. The number of rotatable bonds is 15. The van der Waals surface area contributed by atoms with E-state index in [0.29, 0.717) is 0 Å². The molecule has 0 spiro atoms. The Labute approximate surface area is 192 Å². The summed E-state index contributed by atoms with van der Waals surface area (Å²) < 4.78 is 114. The minimum Gasteiger partial charge on any atom is -0.480 e. The first-order chi connectivity index (χ1) is 15.9. The number of carboxylic acid groups (broad SMARTS) is 1. The Bertz CT molecular complexity index is 698. The lowest BCUT2D eigenvalue weighted by atomic mass is 10.1. The second-order valence-corrected chi connectivity index (χ2v) is 7.08. The predicted molar refractivity (Wildman–Crippen MR) is 98.4 cm³/mol. The Morgan fingerprint density at radius 1 is 0.714 bits per heavy atom. The highest BCUT2D eigenvalue weighted by atomic mass is 19.4. The lowest BCUT2D eigenvalue weighted by Crippen LogP contribution is -2.42. The molecular weight excluding hydrogens is 511 g/mol. The summed E-state index contributed by atoms with van der Waals surface area (Å²) in [6.45, 7) is -3.05. The minimum absolute atomic E-state index is 0.112. The number of carboxylic acids is 1. The molecule has 0 radical (unpaired) electrons. The molecule has 0 aliphatic rings. The molecule has 204 valence electrons. The van der Waals surface area contributed by atoms with Crippen LogP contribution < -0.4 is 10.6 Å². The third-order valence-corrected chi connectivity index (χ3v) is 4.16. The number of nitrogens with one attached hydrogen (secondary N) is 2. The summed E-state index contributed by atoms with van der Waals surface area (Å²) in [5.41, 5.74) is 0. The van der Waals surface area contributed by atoms with E-state index >= 15 is 0 Å². The normalized spacial score (nSPS) is 12.4. The maximum Gasteiger partial charge on any atom is 0.471 e. The Balaban J connectivity index is 4.81. The number of carbonyl (C=O) groups is 4. The van der Waals surface area contributed by atoms with Crippen LogP contribution in [0.1, 0.15) is 25.7 Å². The number of aliphatic carboxylic acids is 1. The molecule has 0 aliphatic heterocycles. The van der Waals surface area contributed by atoms with Gasteiger partial charge in [-0.2, -0.15) is 40.2 Å². The molecular formula is C17H23F9N4O5. The van der Waals surface area contributed by atoms with Gasteiger partial charge >= 0.3 is 42.0 Å². The summed E-state index contributed by atoms with van der Waals surface area (Å²) in [4.78, 5) is 44.5. The number of nitrogens with zero attached hydrogens (tertiary/aromatic N) is 2. The van der Waals surface area contributed by atoms with Crippen LogP contribution in [0.25, 0.3) is 0 Å². The Kier molecular flexibility index (Phi) is 12.8. The first-order valence-electron chi connectivity index (χ1n) is 9.87. The maximum absolute atomic E-state index is 13.8. The zero-order valence-electron chi connectivity index (χ0n) is 17.9. The molecule has 0 rings (SSSR count). The molecule has 0 fully saturated rings. The summed E-state index contributed by atoms with van der Waals surface area (Å²) in [6, 6.07) is 0. The zero-order valence-corrected chi connectivity index (χ0v) is 17.9. The average molecular weight is 534 g/mol. The fourth-order valence-corrected chi connectivity index (χ4v) is 2.54. The Hall–Kier alpha value is -2.79. The summed E-state index contributed by atoms with van der Waals surface area (Å²) >= 11 is 0. The van der Waals surface area contributed by atoms with Gasteiger partial charge in [-0.25, -0.2) is 0 Å². The first-order valence-corrected chi connectivity index (χ1v) is 9.87. The summed E-state index contributed by atoms with van der Waals surface area (Å²) in [5, 5.41) is 10.3. The van der Waals surface area contributed by atoms with Crippen molar-refractivity contribution in [3.05, 3.63) is 0 Å². The van der Waals surface area contributed by atoms with E-state index in [1.54, 1.807) is 10.6 Å². The highest BCUT2D eigenvalue weighted by Gasteiger charge is 2.43. The van der Waals surface area contributed by atoms with Crippen molar-refractivity contribution in [3.63, 3.8) is 0 Å². The van der Waals surface area contributed by atoms with Crippen LogP contribution in [-0.2, 0) is 19.2 Å². The van der Waals surface area contributed by atoms with Crippen molar-refractivity contribution in [3.8, 4) is 0 Å². The van der Waals surface area contributed by atoms with E-state index in [9.17, 15) is 58.8 Å². The molecule has 0 atom stereocenters. The molecule has 3 amide bonds. The topological polar surface area (TPSA) is 119 Å². The molecule has 0 heterocycles. The van der Waals surface area contributed by atoms with Crippen LogP contribution >= 0.6 is 0 Å². The molecule has 0 unspecified atom stereocenters. The maximum atomic E-state index is 13.8. The van der Waals surface area contributed by atoms with Crippen LogP contribution in [0.15, 0.2) is 0 Å². The molecule has 35 heavy (non-hydrogen) atoms. The van der Waals surface area contributed by atoms with E-state index in [0.717, 1.165) is 0 Å². The van der Waals surface area contributed by atoms with E-state index < -0.39 is 79.6 Å². The molecule has 0 aromatic carbocycles. The summed E-state index contributed by atoms with van der Waals surface area (Å²) in [6.07, 6.45) is -12.2. The second-order valence-electron chi connectivity index (χ2n) is 7.08. The smallest absolute Gasteiger partial charge is 0.471 e. The van der Waals surface area contributed by atoms with Crippen molar-refractivity contribution in [2.45, 2.75) is 44.0 Å². The van der Waals surface area contributed by atoms with Gasteiger partial charge in [0.1, 0.15) is 0 Å². The molecule has 0 aromatic rings. The Morgan fingerprint density at radius 3 is 1.49 bits per heavy atom. The van der Waals surface area contributed by atoms with Crippen LogP contribution in [-0.4, -0.2) is 96.4 Å². The molecule has 0 bridgehead atoms. The SMILES string of the molecule is O=C(O)CN(F)C(=O)C(F)(F)CCCN(CCCNC(=O)C(F)(F)F)CCCNC(=O)C(F)(F)F. The van der Waals surface area contributed by atoms with Crippen molar-refractivity contribution >= 4 is 23.7 Å². The predicted octanol–water partition coefficient (Wildman–Crippen LogP) is 1.64. The van der Waals surface area contributed by atoms with Crippen molar-refractivity contribution in [1.29, 1.82) is 0 Å². The minimum atomic E-state index is -5.13. The summed E-state index contributed by atoms with van der Waals surface area (Å²) in [5.74, 6) is -13.0. The average Bonchev–Trinajstić information content (AvgIpc) is 2.70. The van der Waals surface area contributed by atoms with Gasteiger partial charge in [0.25, 0.3) is 0 Å². The van der Waals surface area contributed by atoms with Crippen LogP contribution in [0.5, 0.6) is 0 Å². The third kappa shape index (κ3) is 13.6. The second kappa shape index (κ2) is 13.9. The van der Waals surface area contributed by atoms with Crippen molar-refractivity contribution in [2.24, 2.45) is 0 Å². The van der Waals surface area contributed by atoms with Gasteiger partial charge in [0.15, 0.2) is 6.54 Å². The van der Waals surface area contributed by atoms with E-state index in [1.807, 2.05) is 0 Å².